The number of aromatic nitrogens is 1. The molecular weight excluding hydrogens is 238 g/mol. The van der Waals surface area contributed by atoms with Crippen LogP contribution in [0.2, 0.25) is 0 Å². The lowest BCUT2D eigenvalue weighted by molar-refractivity contribution is -0.139. The molecule has 0 spiro atoms. The third kappa shape index (κ3) is 4.17. The average molecular weight is 255 g/mol. The molecule has 0 saturated heterocycles. The smallest absolute Gasteiger partial charge is 0.249 e. The summed E-state index contributed by atoms with van der Waals surface area (Å²) in [6, 6.07) is 1.44. The molecule has 0 atom stereocenters. The first kappa shape index (κ1) is 14.2. The maximum Gasteiger partial charge on any atom is 0.249 e. The van der Waals surface area contributed by atoms with Gasteiger partial charge in [0.25, 0.3) is 0 Å². The molecule has 0 aliphatic rings. The van der Waals surface area contributed by atoms with E-state index in [4.69, 9.17) is 4.74 Å². The van der Waals surface area contributed by atoms with Crippen LogP contribution in [0.1, 0.15) is 13.8 Å². The van der Waals surface area contributed by atoms with Crippen LogP contribution in [0.4, 0.5) is 5.82 Å². The minimum Gasteiger partial charge on any atom is -0.375 e. The second kappa shape index (κ2) is 6.75. The van der Waals surface area contributed by atoms with Crippen LogP contribution < -0.4 is 5.32 Å². The highest BCUT2D eigenvalue weighted by Crippen LogP contribution is 2.03. The highest BCUT2D eigenvalue weighted by atomic mass is 16.5. The number of rotatable bonds is 6. The van der Waals surface area contributed by atoms with Gasteiger partial charge in [-0.1, -0.05) is 5.16 Å². The quantitative estimate of drug-likeness (QED) is 0.800. The van der Waals surface area contributed by atoms with Crippen molar-refractivity contribution in [1.82, 2.24) is 10.1 Å². The van der Waals surface area contributed by atoms with E-state index in [0.717, 1.165) is 0 Å². The van der Waals surface area contributed by atoms with E-state index in [0.29, 0.717) is 5.82 Å². The Morgan fingerprint density at radius 1 is 1.56 bits per heavy atom. The van der Waals surface area contributed by atoms with E-state index in [9.17, 15) is 9.59 Å². The van der Waals surface area contributed by atoms with E-state index in [1.54, 1.807) is 0 Å². The highest BCUT2D eigenvalue weighted by molar-refractivity contribution is 5.93. The van der Waals surface area contributed by atoms with E-state index in [1.165, 1.54) is 24.3 Å². The summed E-state index contributed by atoms with van der Waals surface area (Å²) in [5.74, 6) is -0.243. The lowest BCUT2D eigenvalue weighted by atomic mass is 10.3. The molecule has 0 fully saturated rings. The summed E-state index contributed by atoms with van der Waals surface area (Å²) in [6.45, 7) is 3.57. The minimum atomic E-state index is -0.331. The van der Waals surface area contributed by atoms with Crippen molar-refractivity contribution in [3.05, 3.63) is 12.3 Å². The molecule has 1 aromatic rings. The molecule has 0 aliphatic carbocycles. The molecule has 2 amide bonds. The van der Waals surface area contributed by atoms with Gasteiger partial charge >= 0.3 is 0 Å². The predicted molar refractivity (Wildman–Crippen MR) is 63.9 cm³/mol. The van der Waals surface area contributed by atoms with Crippen molar-refractivity contribution in [3.8, 4) is 0 Å². The Bertz CT molecular complexity index is 389. The van der Waals surface area contributed by atoms with Crippen LogP contribution in [0, 0.1) is 0 Å². The first-order valence-corrected chi connectivity index (χ1v) is 5.53. The molecule has 7 nitrogen and oxygen atoms in total. The van der Waals surface area contributed by atoms with E-state index in [2.05, 4.69) is 15.0 Å². The van der Waals surface area contributed by atoms with Gasteiger partial charge in [-0.2, -0.15) is 0 Å². The number of nitrogens with zero attached hydrogens (tertiary/aromatic N) is 2. The lowest BCUT2D eigenvalue weighted by Crippen LogP contribution is -2.44. The van der Waals surface area contributed by atoms with Gasteiger partial charge in [0.2, 0.25) is 11.8 Å². The Hall–Kier alpha value is -1.89. The molecule has 0 aromatic carbocycles. The summed E-state index contributed by atoms with van der Waals surface area (Å²) in [7, 11) is 1.44. The molecule has 1 heterocycles. The summed E-state index contributed by atoms with van der Waals surface area (Å²) in [4.78, 5) is 24.8. The number of amides is 2. The first-order chi connectivity index (χ1) is 8.54. The fourth-order valence-corrected chi connectivity index (χ4v) is 1.38. The molecule has 0 aliphatic heterocycles. The molecule has 0 saturated carbocycles. The predicted octanol–water partition coefficient (Wildman–Crippen LogP) is 0.496. The number of carbonyl (C=O) groups excluding carboxylic acids is 2. The number of anilines is 1. The van der Waals surface area contributed by atoms with Gasteiger partial charge in [-0.05, 0) is 13.8 Å². The molecule has 0 bridgehead atoms. The maximum atomic E-state index is 11.7. The molecule has 7 heteroatoms. The van der Waals surface area contributed by atoms with Gasteiger partial charge in [0, 0.05) is 19.2 Å². The average Bonchev–Trinajstić information content (AvgIpc) is 2.78. The van der Waals surface area contributed by atoms with Gasteiger partial charge in [0.05, 0.1) is 0 Å². The molecule has 1 rings (SSSR count). The molecule has 1 aromatic heterocycles. The van der Waals surface area contributed by atoms with Crippen LogP contribution in [0.25, 0.3) is 0 Å². The summed E-state index contributed by atoms with van der Waals surface area (Å²) in [6.07, 6.45) is 1.35. The zero-order chi connectivity index (χ0) is 13.5. The van der Waals surface area contributed by atoms with Gasteiger partial charge in [-0.25, -0.2) is 0 Å². The SMILES string of the molecule is COCC(=O)N(CC(=O)Nc1ccon1)C(C)C. The van der Waals surface area contributed by atoms with Crippen molar-refractivity contribution in [2.45, 2.75) is 19.9 Å². The first-order valence-electron chi connectivity index (χ1n) is 5.53. The van der Waals surface area contributed by atoms with Crippen LogP contribution in [-0.4, -0.2) is 48.2 Å². The Morgan fingerprint density at radius 2 is 2.28 bits per heavy atom. The van der Waals surface area contributed by atoms with Gasteiger partial charge in [-0.15, -0.1) is 0 Å². The Kier molecular flexibility index (Phi) is 5.31. The number of hydrogen-bond donors (Lipinski definition) is 1. The van der Waals surface area contributed by atoms with Crippen molar-refractivity contribution in [2.75, 3.05) is 25.6 Å². The monoisotopic (exact) mass is 255 g/mol. The standard InChI is InChI=1S/C11H17N3O4/c1-8(2)14(11(16)7-17-3)6-10(15)12-9-4-5-18-13-9/h4-5,8H,6-7H2,1-3H3,(H,12,13,15). The van der Waals surface area contributed by atoms with Crippen LogP contribution in [0.3, 0.4) is 0 Å². The topological polar surface area (TPSA) is 84.7 Å². The Balaban J connectivity index is 2.55. The summed E-state index contributed by atoms with van der Waals surface area (Å²) in [5, 5.41) is 6.08. The molecule has 0 radical (unpaired) electrons. The summed E-state index contributed by atoms with van der Waals surface area (Å²) >= 11 is 0. The summed E-state index contributed by atoms with van der Waals surface area (Å²) < 4.78 is 9.36. The maximum absolute atomic E-state index is 11.7. The van der Waals surface area contributed by atoms with Crippen LogP contribution in [0.5, 0.6) is 0 Å². The lowest BCUT2D eigenvalue weighted by Gasteiger charge is -2.25. The molecule has 0 unspecified atom stereocenters. The molecule has 1 N–H and O–H groups in total. The fourth-order valence-electron chi connectivity index (χ4n) is 1.38. The van der Waals surface area contributed by atoms with Crippen molar-refractivity contribution >= 4 is 17.6 Å². The minimum absolute atomic E-state index is 0.0462. The zero-order valence-electron chi connectivity index (χ0n) is 10.7. The number of ether oxygens (including phenoxy) is 1. The number of hydrogen-bond acceptors (Lipinski definition) is 5. The van der Waals surface area contributed by atoms with Crippen molar-refractivity contribution in [2.24, 2.45) is 0 Å². The van der Waals surface area contributed by atoms with E-state index in [-0.39, 0.29) is 31.0 Å². The van der Waals surface area contributed by atoms with Gasteiger partial charge < -0.3 is 19.5 Å². The number of methoxy groups -OCH3 is 1. The second-order valence-corrected chi connectivity index (χ2v) is 3.98. The van der Waals surface area contributed by atoms with Crippen LogP contribution in [-0.2, 0) is 14.3 Å². The van der Waals surface area contributed by atoms with Gasteiger partial charge in [-0.3, -0.25) is 9.59 Å². The normalized spacial score (nSPS) is 10.4. The van der Waals surface area contributed by atoms with E-state index < -0.39 is 0 Å². The molecule has 100 valence electrons. The van der Waals surface area contributed by atoms with Gasteiger partial charge in [0.15, 0.2) is 5.82 Å². The summed E-state index contributed by atoms with van der Waals surface area (Å²) in [5.41, 5.74) is 0. The Labute approximate surface area is 105 Å². The number of nitrogens with one attached hydrogen (secondary N) is 1. The van der Waals surface area contributed by atoms with E-state index in [1.807, 2.05) is 13.8 Å². The van der Waals surface area contributed by atoms with Crippen molar-refractivity contribution in [1.29, 1.82) is 0 Å². The van der Waals surface area contributed by atoms with Crippen molar-refractivity contribution in [3.63, 3.8) is 0 Å². The highest BCUT2D eigenvalue weighted by Gasteiger charge is 2.20. The van der Waals surface area contributed by atoms with Crippen LogP contribution in [0.15, 0.2) is 16.9 Å². The van der Waals surface area contributed by atoms with E-state index >= 15 is 0 Å². The largest absolute Gasteiger partial charge is 0.375 e. The molecule has 18 heavy (non-hydrogen) atoms. The van der Waals surface area contributed by atoms with Crippen molar-refractivity contribution < 1.29 is 18.8 Å². The van der Waals surface area contributed by atoms with Crippen LogP contribution >= 0.6 is 0 Å². The van der Waals surface area contributed by atoms with Gasteiger partial charge in [0.1, 0.15) is 19.4 Å². The fraction of sp³-hybridized carbons (Fsp3) is 0.545. The molecular formula is C11H17N3O4. The third-order valence-corrected chi connectivity index (χ3v) is 2.23. The zero-order valence-corrected chi connectivity index (χ0v) is 10.7. The third-order valence-electron chi connectivity index (χ3n) is 2.23. The number of carbonyl (C=O) groups is 2. The second-order valence-electron chi connectivity index (χ2n) is 3.98. The Morgan fingerprint density at radius 3 is 2.78 bits per heavy atom.